The Labute approximate surface area is 152 Å². The molecule has 138 valence electrons. The number of H-pyrrole nitrogens is 1. The van der Waals surface area contributed by atoms with Crippen LogP contribution in [0.5, 0.6) is 0 Å². The van der Waals surface area contributed by atoms with Gasteiger partial charge in [-0.25, -0.2) is 19.2 Å². The standard InChI is InChI=1S/C18H16FN5O3/c1-10-7-11(2)22-17(21-10)23-15(25)13-8-20-18(27)24(16(13)26)9-12-5-3-4-6-14(12)19/h3-8H,9H2,1-2H3,(H,20,27)(H,21,22,23,25). The first kappa shape index (κ1) is 18.2. The van der Waals surface area contributed by atoms with E-state index in [9.17, 15) is 18.8 Å². The average Bonchev–Trinajstić information content (AvgIpc) is 2.59. The highest BCUT2D eigenvalue weighted by molar-refractivity contribution is 6.02. The fraction of sp³-hybridized carbons (Fsp3) is 0.167. The number of nitrogens with zero attached hydrogens (tertiary/aromatic N) is 3. The van der Waals surface area contributed by atoms with Crippen LogP contribution in [0, 0.1) is 19.7 Å². The van der Waals surface area contributed by atoms with Crippen molar-refractivity contribution >= 4 is 11.9 Å². The largest absolute Gasteiger partial charge is 0.328 e. The van der Waals surface area contributed by atoms with Crippen LogP contribution in [0.4, 0.5) is 10.3 Å². The third kappa shape index (κ3) is 3.97. The summed E-state index contributed by atoms with van der Waals surface area (Å²) in [5.41, 5.74) is -0.451. The number of nitrogens with one attached hydrogen (secondary N) is 2. The molecule has 3 aromatic rings. The third-order valence-electron chi connectivity index (χ3n) is 3.80. The van der Waals surface area contributed by atoms with E-state index in [1.165, 1.54) is 18.2 Å². The molecule has 0 aliphatic heterocycles. The molecule has 0 atom stereocenters. The molecule has 3 rings (SSSR count). The predicted octanol–water partition coefficient (Wildman–Crippen LogP) is 1.38. The average molecular weight is 369 g/mol. The fourth-order valence-corrected chi connectivity index (χ4v) is 2.57. The summed E-state index contributed by atoms with van der Waals surface area (Å²) in [5.74, 6) is -1.28. The molecule has 0 unspecified atom stereocenters. The number of hydrogen-bond donors (Lipinski definition) is 2. The molecule has 0 aliphatic carbocycles. The van der Waals surface area contributed by atoms with E-state index >= 15 is 0 Å². The second-order valence-corrected chi connectivity index (χ2v) is 5.92. The van der Waals surface area contributed by atoms with Crippen LogP contribution in [0.1, 0.15) is 27.3 Å². The van der Waals surface area contributed by atoms with Gasteiger partial charge in [0.1, 0.15) is 11.4 Å². The van der Waals surface area contributed by atoms with Crippen molar-refractivity contribution in [1.29, 1.82) is 0 Å². The van der Waals surface area contributed by atoms with Crippen LogP contribution in [0.15, 0.2) is 46.1 Å². The molecule has 1 amide bonds. The van der Waals surface area contributed by atoms with E-state index in [0.29, 0.717) is 11.4 Å². The molecule has 0 bridgehead atoms. The number of hydrogen-bond acceptors (Lipinski definition) is 5. The maximum atomic E-state index is 13.8. The van der Waals surface area contributed by atoms with Crippen molar-refractivity contribution < 1.29 is 9.18 Å². The van der Waals surface area contributed by atoms with Gasteiger partial charge in [0.25, 0.3) is 11.5 Å². The normalized spacial score (nSPS) is 10.6. The number of aryl methyl sites for hydroxylation is 2. The lowest BCUT2D eigenvalue weighted by Gasteiger charge is -2.09. The molecule has 0 aliphatic rings. The minimum atomic E-state index is -0.844. The zero-order valence-corrected chi connectivity index (χ0v) is 14.6. The molecule has 0 spiro atoms. The Balaban J connectivity index is 1.95. The lowest BCUT2D eigenvalue weighted by atomic mass is 10.2. The lowest BCUT2D eigenvalue weighted by molar-refractivity contribution is 0.102. The monoisotopic (exact) mass is 369 g/mol. The van der Waals surface area contributed by atoms with Crippen LogP contribution in [-0.2, 0) is 6.54 Å². The SMILES string of the molecule is Cc1cc(C)nc(NC(=O)c2c[nH]c(=O)n(Cc3ccccc3F)c2=O)n1. The summed E-state index contributed by atoms with van der Waals surface area (Å²) in [6.45, 7) is 3.18. The highest BCUT2D eigenvalue weighted by Gasteiger charge is 2.17. The van der Waals surface area contributed by atoms with E-state index in [-0.39, 0.29) is 23.6 Å². The summed E-state index contributed by atoms with van der Waals surface area (Å²) >= 11 is 0. The van der Waals surface area contributed by atoms with Gasteiger partial charge in [-0.1, -0.05) is 18.2 Å². The number of carbonyl (C=O) groups is 1. The van der Waals surface area contributed by atoms with Gasteiger partial charge in [0.05, 0.1) is 6.54 Å². The fourth-order valence-electron chi connectivity index (χ4n) is 2.57. The summed E-state index contributed by atoms with van der Waals surface area (Å²) in [4.78, 5) is 47.5. The summed E-state index contributed by atoms with van der Waals surface area (Å²) in [6, 6.07) is 7.50. The topological polar surface area (TPSA) is 110 Å². The molecule has 0 saturated heterocycles. The Morgan fingerprint density at radius 1 is 1.19 bits per heavy atom. The molecule has 27 heavy (non-hydrogen) atoms. The molecule has 2 aromatic heterocycles. The second-order valence-electron chi connectivity index (χ2n) is 5.92. The highest BCUT2D eigenvalue weighted by atomic mass is 19.1. The Morgan fingerprint density at radius 3 is 2.52 bits per heavy atom. The summed E-state index contributed by atoms with van der Waals surface area (Å²) < 4.78 is 14.6. The molecule has 1 aromatic carbocycles. The van der Waals surface area contributed by atoms with Gasteiger partial charge >= 0.3 is 5.69 Å². The van der Waals surface area contributed by atoms with E-state index in [1.807, 2.05) is 0 Å². The first-order valence-corrected chi connectivity index (χ1v) is 8.04. The maximum Gasteiger partial charge on any atom is 0.328 e. The first-order valence-electron chi connectivity index (χ1n) is 8.04. The van der Waals surface area contributed by atoms with Gasteiger partial charge < -0.3 is 4.98 Å². The number of benzene rings is 1. The summed E-state index contributed by atoms with van der Waals surface area (Å²) in [5, 5.41) is 2.43. The number of rotatable bonds is 4. The van der Waals surface area contributed by atoms with Gasteiger partial charge in [0, 0.05) is 23.1 Å². The Morgan fingerprint density at radius 2 is 1.85 bits per heavy atom. The summed E-state index contributed by atoms with van der Waals surface area (Å²) in [7, 11) is 0. The van der Waals surface area contributed by atoms with Crippen molar-refractivity contribution in [3.63, 3.8) is 0 Å². The van der Waals surface area contributed by atoms with Crippen molar-refractivity contribution in [2.45, 2.75) is 20.4 Å². The van der Waals surface area contributed by atoms with Gasteiger partial charge in [0.2, 0.25) is 5.95 Å². The molecule has 8 nitrogen and oxygen atoms in total. The molecule has 9 heteroatoms. The number of halogens is 1. The zero-order chi connectivity index (χ0) is 19.6. The highest BCUT2D eigenvalue weighted by Crippen LogP contribution is 2.07. The number of anilines is 1. The smallest absolute Gasteiger partial charge is 0.313 e. The van der Waals surface area contributed by atoms with E-state index in [0.717, 1.165) is 10.8 Å². The molecule has 0 saturated carbocycles. The molecular formula is C18H16FN5O3. The minimum absolute atomic E-state index is 0.0451. The van der Waals surface area contributed by atoms with Crippen LogP contribution in [0.25, 0.3) is 0 Å². The summed E-state index contributed by atoms with van der Waals surface area (Å²) in [6.07, 6.45) is 1.01. The van der Waals surface area contributed by atoms with Gasteiger partial charge in [-0.3, -0.25) is 19.5 Å². The van der Waals surface area contributed by atoms with Gasteiger partial charge in [-0.05, 0) is 26.0 Å². The molecule has 2 N–H and O–H groups in total. The van der Waals surface area contributed by atoms with Gasteiger partial charge in [-0.15, -0.1) is 0 Å². The number of carbonyl (C=O) groups excluding carboxylic acids is 1. The van der Waals surface area contributed by atoms with Crippen molar-refractivity contribution in [2.75, 3.05) is 5.32 Å². The van der Waals surface area contributed by atoms with E-state index in [2.05, 4.69) is 20.3 Å². The minimum Gasteiger partial charge on any atom is -0.313 e. The lowest BCUT2D eigenvalue weighted by Crippen LogP contribution is -2.39. The third-order valence-corrected chi connectivity index (χ3v) is 3.80. The van der Waals surface area contributed by atoms with Crippen LogP contribution in [0.2, 0.25) is 0 Å². The molecule has 2 heterocycles. The Kier molecular flexibility index (Phi) is 4.93. The molecule has 0 radical (unpaired) electrons. The zero-order valence-electron chi connectivity index (χ0n) is 14.6. The van der Waals surface area contributed by atoms with Gasteiger partial charge in [-0.2, -0.15) is 0 Å². The van der Waals surface area contributed by atoms with Crippen LogP contribution >= 0.6 is 0 Å². The van der Waals surface area contributed by atoms with Crippen LogP contribution in [0.3, 0.4) is 0 Å². The van der Waals surface area contributed by atoms with E-state index in [4.69, 9.17) is 0 Å². The van der Waals surface area contributed by atoms with E-state index < -0.39 is 23.0 Å². The predicted molar refractivity (Wildman–Crippen MR) is 96.3 cm³/mol. The van der Waals surface area contributed by atoms with Gasteiger partial charge in [0.15, 0.2) is 0 Å². The first-order chi connectivity index (χ1) is 12.8. The van der Waals surface area contributed by atoms with Crippen molar-refractivity contribution in [3.8, 4) is 0 Å². The number of aromatic amines is 1. The van der Waals surface area contributed by atoms with Crippen molar-refractivity contribution in [1.82, 2.24) is 19.5 Å². The number of amides is 1. The maximum absolute atomic E-state index is 13.8. The van der Waals surface area contributed by atoms with Crippen LogP contribution in [-0.4, -0.2) is 25.4 Å². The molecular weight excluding hydrogens is 353 g/mol. The van der Waals surface area contributed by atoms with Crippen molar-refractivity contribution in [3.05, 3.63) is 85.7 Å². The van der Waals surface area contributed by atoms with E-state index in [1.54, 1.807) is 26.0 Å². The second kappa shape index (κ2) is 7.32. The number of aromatic nitrogens is 4. The van der Waals surface area contributed by atoms with Crippen molar-refractivity contribution in [2.24, 2.45) is 0 Å². The Hall–Kier alpha value is -3.62. The van der Waals surface area contributed by atoms with Crippen LogP contribution < -0.4 is 16.6 Å². The quantitative estimate of drug-likeness (QED) is 0.722. The Bertz CT molecular complexity index is 1120. The molecule has 0 fully saturated rings.